The Kier molecular flexibility index (Phi) is 7.31. The van der Waals surface area contributed by atoms with Crippen LogP contribution in [-0.4, -0.2) is 66.3 Å². The Labute approximate surface area is 229 Å². The number of hydrogen-bond acceptors (Lipinski definition) is 6. The van der Waals surface area contributed by atoms with Crippen LogP contribution in [0.1, 0.15) is 60.3 Å². The first-order valence-corrected chi connectivity index (χ1v) is 13.5. The molecule has 1 aliphatic heterocycles. The quantitative estimate of drug-likeness (QED) is 0.363. The van der Waals surface area contributed by atoms with Gasteiger partial charge in [-0.3, -0.25) is 9.69 Å². The number of fused-ring (bicyclic) bond motifs is 1. The van der Waals surface area contributed by atoms with Crippen molar-refractivity contribution in [2.75, 3.05) is 19.7 Å². The molecule has 1 unspecified atom stereocenters. The average Bonchev–Trinajstić information content (AvgIpc) is 3.48. The molecule has 1 saturated heterocycles. The van der Waals surface area contributed by atoms with Gasteiger partial charge in [0, 0.05) is 45.0 Å². The molecule has 9 nitrogen and oxygen atoms in total. The number of nitrogens with zero attached hydrogens (tertiary/aromatic N) is 6. The monoisotopic (exact) mass is 530 g/mol. The number of carbonyl (C=O) groups is 1. The standard InChI is InChI=1S/C30H38N6O3/c1-19-7-8-22(15-23(19)17-36-12-11-31-26(36)18-35-13-14-39-20(2)16-35)27(30(4,5)29(37)38)24-9-10-25-28(21(24)3)32-33-34(25)6/h7-12,15,20,27H,13-14,16-18H2,1-6H3,(H,37,38)/t20-,27?/m1/s1. The van der Waals surface area contributed by atoms with Gasteiger partial charge in [-0.25, -0.2) is 9.67 Å². The highest BCUT2D eigenvalue weighted by Crippen LogP contribution is 2.44. The van der Waals surface area contributed by atoms with Crippen LogP contribution in [0.25, 0.3) is 11.0 Å². The lowest BCUT2D eigenvalue weighted by molar-refractivity contribution is -0.147. The van der Waals surface area contributed by atoms with Crippen molar-refractivity contribution >= 4 is 17.0 Å². The molecule has 0 radical (unpaired) electrons. The number of aryl methyl sites for hydroxylation is 3. The van der Waals surface area contributed by atoms with Gasteiger partial charge in [0.25, 0.3) is 0 Å². The highest BCUT2D eigenvalue weighted by molar-refractivity contribution is 5.81. The molecule has 1 N–H and O–H groups in total. The van der Waals surface area contributed by atoms with E-state index >= 15 is 0 Å². The van der Waals surface area contributed by atoms with Crippen LogP contribution in [0, 0.1) is 19.3 Å². The molecular weight excluding hydrogens is 492 g/mol. The molecule has 0 amide bonds. The van der Waals surface area contributed by atoms with Crippen molar-refractivity contribution in [3.05, 3.63) is 76.4 Å². The molecule has 9 heteroatoms. The lowest BCUT2D eigenvalue weighted by atomic mass is 9.69. The summed E-state index contributed by atoms with van der Waals surface area (Å²) in [5.74, 6) is -0.206. The summed E-state index contributed by atoms with van der Waals surface area (Å²) in [7, 11) is 1.86. The van der Waals surface area contributed by atoms with Gasteiger partial charge >= 0.3 is 5.97 Å². The van der Waals surface area contributed by atoms with Crippen LogP contribution in [0.5, 0.6) is 0 Å². The third-order valence-corrected chi connectivity index (χ3v) is 8.20. The van der Waals surface area contributed by atoms with Crippen LogP contribution in [0.2, 0.25) is 0 Å². The Morgan fingerprint density at radius 3 is 2.74 bits per heavy atom. The summed E-state index contributed by atoms with van der Waals surface area (Å²) in [5, 5.41) is 18.9. The SMILES string of the molecule is Cc1ccc(C(c2ccc3c(nnn3C)c2C)C(C)(C)C(=O)O)cc1Cn1ccnc1CN1CCO[C@H](C)C1. The highest BCUT2D eigenvalue weighted by Gasteiger charge is 2.40. The molecule has 1 fully saturated rings. The highest BCUT2D eigenvalue weighted by atomic mass is 16.5. The number of morpholine rings is 1. The first-order chi connectivity index (χ1) is 18.6. The molecule has 2 aromatic heterocycles. The Balaban J connectivity index is 1.52. The number of imidazole rings is 1. The van der Waals surface area contributed by atoms with Crippen LogP contribution < -0.4 is 0 Å². The van der Waals surface area contributed by atoms with Crippen LogP contribution >= 0.6 is 0 Å². The molecule has 39 heavy (non-hydrogen) atoms. The van der Waals surface area contributed by atoms with Gasteiger partial charge in [-0.2, -0.15) is 0 Å². The van der Waals surface area contributed by atoms with Crippen molar-refractivity contribution < 1.29 is 14.6 Å². The summed E-state index contributed by atoms with van der Waals surface area (Å²) in [5.41, 5.74) is 5.86. The van der Waals surface area contributed by atoms with E-state index < -0.39 is 11.4 Å². The van der Waals surface area contributed by atoms with E-state index in [0.717, 1.165) is 70.9 Å². The van der Waals surface area contributed by atoms with E-state index in [2.05, 4.69) is 56.8 Å². The Hall–Kier alpha value is -3.56. The number of hydrogen-bond donors (Lipinski definition) is 1. The predicted molar refractivity (Wildman–Crippen MR) is 150 cm³/mol. The predicted octanol–water partition coefficient (Wildman–Crippen LogP) is 4.29. The van der Waals surface area contributed by atoms with Crippen molar-refractivity contribution in [3.8, 4) is 0 Å². The molecule has 5 rings (SSSR count). The van der Waals surface area contributed by atoms with Crippen molar-refractivity contribution in [2.24, 2.45) is 12.5 Å². The minimum atomic E-state index is -1.06. The fraction of sp³-hybridized carbons (Fsp3) is 0.467. The van der Waals surface area contributed by atoms with Crippen molar-refractivity contribution in [1.82, 2.24) is 29.4 Å². The number of benzene rings is 2. The molecule has 0 bridgehead atoms. The fourth-order valence-corrected chi connectivity index (χ4v) is 5.76. The van der Waals surface area contributed by atoms with E-state index in [1.54, 1.807) is 18.5 Å². The smallest absolute Gasteiger partial charge is 0.310 e. The van der Waals surface area contributed by atoms with E-state index in [9.17, 15) is 9.90 Å². The molecule has 206 valence electrons. The third-order valence-electron chi connectivity index (χ3n) is 8.20. The summed E-state index contributed by atoms with van der Waals surface area (Å²) in [6, 6.07) is 10.4. The zero-order chi connectivity index (χ0) is 27.9. The summed E-state index contributed by atoms with van der Waals surface area (Å²) in [6.45, 7) is 13.8. The fourth-order valence-electron chi connectivity index (χ4n) is 5.76. The summed E-state index contributed by atoms with van der Waals surface area (Å²) >= 11 is 0. The van der Waals surface area contributed by atoms with E-state index in [4.69, 9.17) is 4.74 Å². The average molecular weight is 531 g/mol. The van der Waals surface area contributed by atoms with Gasteiger partial charge in [0.15, 0.2) is 0 Å². The molecule has 0 saturated carbocycles. The van der Waals surface area contributed by atoms with Gasteiger partial charge in [0.1, 0.15) is 11.3 Å². The lowest BCUT2D eigenvalue weighted by Gasteiger charge is -2.33. The molecule has 0 spiro atoms. The minimum Gasteiger partial charge on any atom is -0.481 e. The van der Waals surface area contributed by atoms with E-state index in [1.165, 1.54) is 0 Å². The second-order valence-electron chi connectivity index (χ2n) is 11.4. The Morgan fingerprint density at radius 2 is 2.00 bits per heavy atom. The Bertz CT molecular complexity index is 1500. The van der Waals surface area contributed by atoms with Gasteiger partial charge in [-0.15, -0.1) is 5.10 Å². The first kappa shape index (κ1) is 27.0. The molecule has 2 aromatic carbocycles. The molecule has 0 aliphatic carbocycles. The van der Waals surface area contributed by atoms with Crippen LogP contribution in [0.4, 0.5) is 0 Å². The van der Waals surface area contributed by atoms with E-state index in [-0.39, 0.29) is 12.0 Å². The molecule has 1 aliphatic rings. The van der Waals surface area contributed by atoms with Crippen molar-refractivity contribution in [1.29, 1.82) is 0 Å². The molecular formula is C30H38N6O3. The van der Waals surface area contributed by atoms with Crippen LogP contribution in [-0.2, 0) is 29.7 Å². The second-order valence-corrected chi connectivity index (χ2v) is 11.4. The summed E-state index contributed by atoms with van der Waals surface area (Å²) < 4.78 is 9.64. The van der Waals surface area contributed by atoms with Crippen LogP contribution in [0.3, 0.4) is 0 Å². The normalized spacial score (nSPS) is 17.5. The maximum atomic E-state index is 12.6. The summed E-state index contributed by atoms with van der Waals surface area (Å²) in [6.07, 6.45) is 4.10. The van der Waals surface area contributed by atoms with E-state index in [1.807, 2.05) is 38.5 Å². The minimum absolute atomic E-state index is 0.222. The van der Waals surface area contributed by atoms with Crippen molar-refractivity contribution in [3.63, 3.8) is 0 Å². The maximum Gasteiger partial charge on any atom is 0.310 e. The van der Waals surface area contributed by atoms with E-state index in [0.29, 0.717) is 6.54 Å². The first-order valence-electron chi connectivity index (χ1n) is 13.5. The lowest BCUT2D eigenvalue weighted by Crippen LogP contribution is -2.41. The molecule has 3 heterocycles. The summed E-state index contributed by atoms with van der Waals surface area (Å²) in [4.78, 5) is 19.6. The van der Waals surface area contributed by atoms with Gasteiger partial charge in [-0.1, -0.05) is 29.5 Å². The zero-order valence-corrected chi connectivity index (χ0v) is 23.7. The van der Waals surface area contributed by atoms with Gasteiger partial charge in [0.2, 0.25) is 0 Å². The number of carboxylic acids is 1. The number of carboxylic acid groups (broad SMARTS) is 1. The molecule has 4 aromatic rings. The van der Waals surface area contributed by atoms with Gasteiger partial charge in [0.05, 0.1) is 30.2 Å². The number of aromatic nitrogens is 5. The topological polar surface area (TPSA) is 98.3 Å². The zero-order valence-electron chi connectivity index (χ0n) is 23.7. The largest absolute Gasteiger partial charge is 0.481 e. The Morgan fingerprint density at radius 1 is 1.21 bits per heavy atom. The number of rotatable bonds is 8. The molecule has 2 atom stereocenters. The number of aliphatic carboxylic acids is 1. The van der Waals surface area contributed by atoms with Crippen molar-refractivity contribution in [2.45, 2.75) is 59.7 Å². The third kappa shape index (κ3) is 5.21. The van der Waals surface area contributed by atoms with Crippen LogP contribution in [0.15, 0.2) is 42.7 Å². The van der Waals surface area contributed by atoms with Gasteiger partial charge < -0.3 is 14.4 Å². The van der Waals surface area contributed by atoms with Gasteiger partial charge in [-0.05, 0) is 68.5 Å². The second kappa shape index (κ2) is 10.5. The number of ether oxygens (including phenoxy) is 1. The maximum absolute atomic E-state index is 12.6.